The highest BCUT2D eigenvalue weighted by Crippen LogP contribution is 2.21. The fraction of sp³-hybridized carbons (Fsp3) is 0.250. The summed E-state index contributed by atoms with van der Waals surface area (Å²) in [5.41, 5.74) is 0.179. The van der Waals surface area contributed by atoms with Gasteiger partial charge in [0.05, 0.1) is 23.5 Å². The highest BCUT2D eigenvalue weighted by molar-refractivity contribution is 7.92. The van der Waals surface area contributed by atoms with E-state index < -0.39 is 27.6 Å². The second-order valence-electron chi connectivity index (χ2n) is 4.95. The Labute approximate surface area is 144 Å². The summed E-state index contributed by atoms with van der Waals surface area (Å²) in [7, 11) is -3.76. The molecular weight excluding hydrogens is 354 g/mol. The average Bonchev–Trinajstić information content (AvgIpc) is 2.61. The molecule has 2 rings (SSSR count). The van der Waals surface area contributed by atoms with E-state index in [1.165, 1.54) is 25.4 Å². The maximum absolute atomic E-state index is 13.4. The number of aromatic nitrogens is 1. The highest BCUT2D eigenvalue weighted by Gasteiger charge is 2.22. The van der Waals surface area contributed by atoms with E-state index >= 15 is 0 Å². The van der Waals surface area contributed by atoms with Crippen LogP contribution in [-0.2, 0) is 14.8 Å². The van der Waals surface area contributed by atoms with E-state index in [4.69, 9.17) is 4.74 Å². The molecule has 0 bridgehead atoms. The maximum atomic E-state index is 13.4. The third-order valence-corrected chi connectivity index (χ3v) is 5.11. The number of carbonyl (C=O) groups is 1. The molecule has 9 heteroatoms. The first kappa shape index (κ1) is 18.8. The molecule has 0 spiro atoms. The van der Waals surface area contributed by atoms with E-state index in [0.29, 0.717) is 0 Å². The molecule has 1 aromatic carbocycles. The van der Waals surface area contributed by atoms with Crippen LogP contribution in [0.2, 0.25) is 0 Å². The molecule has 1 heterocycles. The van der Waals surface area contributed by atoms with Gasteiger partial charge in [-0.1, -0.05) is 0 Å². The van der Waals surface area contributed by atoms with E-state index in [1.807, 2.05) is 0 Å². The fourth-order valence-corrected chi connectivity index (χ4v) is 3.11. The Bertz CT molecular complexity index is 844. The van der Waals surface area contributed by atoms with Gasteiger partial charge in [-0.25, -0.2) is 22.0 Å². The van der Waals surface area contributed by atoms with Gasteiger partial charge in [0.25, 0.3) is 0 Å². The summed E-state index contributed by atoms with van der Waals surface area (Å²) in [5.74, 6) is -3.16. The third kappa shape index (κ3) is 4.72. The van der Waals surface area contributed by atoms with Gasteiger partial charge >= 0.3 is 5.97 Å². The van der Waals surface area contributed by atoms with Crippen molar-refractivity contribution in [3.8, 4) is 0 Å². The van der Waals surface area contributed by atoms with E-state index in [-0.39, 0.29) is 30.2 Å². The Morgan fingerprint density at radius 1 is 1.24 bits per heavy atom. The minimum Gasteiger partial charge on any atom is -0.460 e. The lowest BCUT2D eigenvalue weighted by atomic mass is 10.3. The van der Waals surface area contributed by atoms with Crippen LogP contribution in [0.25, 0.3) is 0 Å². The number of hydrogen-bond donors (Lipinski definition) is 0. The van der Waals surface area contributed by atoms with Gasteiger partial charge in [0.15, 0.2) is 11.6 Å². The number of pyridine rings is 1. The Hall–Kier alpha value is -2.55. The van der Waals surface area contributed by atoms with Crippen LogP contribution < -0.4 is 4.31 Å². The van der Waals surface area contributed by atoms with Crippen molar-refractivity contribution in [3.05, 3.63) is 59.9 Å². The van der Waals surface area contributed by atoms with Crippen molar-refractivity contribution in [2.24, 2.45) is 0 Å². The van der Waals surface area contributed by atoms with Crippen molar-refractivity contribution in [2.45, 2.75) is 6.92 Å². The van der Waals surface area contributed by atoms with Crippen molar-refractivity contribution >= 4 is 21.7 Å². The molecule has 134 valence electrons. The van der Waals surface area contributed by atoms with Crippen LogP contribution in [0.4, 0.5) is 14.5 Å². The van der Waals surface area contributed by atoms with Gasteiger partial charge in [-0.05, 0) is 31.2 Å². The summed E-state index contributed by atoms with van der Waals surface area (Å²) in [4.78, 5) is 15.6. The molecule has 0 radical (unpaired) electrons. The molecule has 0 fully saturated rings. The number of anilines is 1. The predicted molar refractivity (Wildman–Crippen MR) is 87.7 cm³/mol. The standard InChI is InChI=1S/C16H16F2N2O4S/c1-2-25(22,23)20(13-5-6-14(17)15(18)10-13)8-9-24-16(21)12-4-3-7-19-11-12/h3-7,10-11H,2,8-9H2,1H3. The van der Waals surface area contributed by atoms with E-state index in [0.717, 1.165) is 22.5 Å². The monoisotopic (exact) mass is 370 g/mol. The Morgan fingerprint density at radius 3 is 2.60 bits per heavy atom. The number of hydrogen-bond acceptors (Lipinski definition) is 5. The number of esters is 1. The van der Waals surface area contributed by atoms with E-state index in [1.54, 1.807) is 6.07 Å². The number of carbonyl (C=O) groups excluding carboxylic acids is 1. The first-order chi connectivity index (χ1) is 11.8. The SMILES string of the molecule is CCS(=O)(=O)N(CCOC(=O)c1cccnc1)c1ccc(F)c(F)c1. The van der Waals surface area contributed by atoms with Gasteiger partial charge in [-0.3, -0.25) is 9.29 Å². The Morgan fingerprint density at radius 2 is 2.00 bits per heavy atom. The molecule has 0 saturated heterocycles. The molecule has 25 heavy (non-hydrogen) atoms. The highest BCUT2D eigenvalue weighted by atomic mass is 32.2. The minimum atomic E-state index is -3.76. The fourth-order valence-electron chi connectivity index (χ4n) is 2.01. The molecule has 0 amide bonds. The molecular formula is C16H16F2N2O4S. The molecule has 0 aliphatic heterocycles. The molecule has 1 aromatic heterocycles. The van der Waals surface area contributed by atoms with Gasteiger partial charge in [0.1, 0.15) is 6.61 Å². The van der Waals surface area contributed by atoms with Crippen LogP contribution in [0.1, 0.15) is 17.3 Å². The van der Waals surface area contributed by atoms with Crippen LogP contribution in [0.5, 0.6) is 0 Å². The lowest BCUT2D eigenvalue weighted by molar-refractivity contribution is 0.0517. The van der Waals surface area contributed by atoms with E-state index in [9.17, 15) is 22.0 Å². The summed E-state index contributed by atoms with van der Waals surface area (Å²) >= 11 is 0. The maximum Gasteiger partial charge on any atom is 0.339 e. The summed E-state index contributed by atoms with van der Waals surface area (Å²) in [6.45, 7) is 0.934. The summed E-state index contributed by atoms with van der Waals surface area (Å²) in [6.07, 6.45) is 2.81. The molecule has 0 N–H and O–H groups in total. The number of ether oxygens (including phenoxy) is 1. The quantitative estimate of drug-likeness (QED) is 0.700. The van der Waals surface area contributed by atoms with Gasteiger partial charge in [0.2, 0.25) is 10.0 Å². The first-order valence-corrected chi connectivity index (χ1v) is 8.98. The second-order valence-corrected chi connectivity index (χ2v) is 7.13. The van der Waals surface area contributed by atoms with Crippen LogP contribution in [0.15, 0.2) is 42.7 Å². The zero-order valence-electron chi connectivity index (χ0n) is 13.4. The van der Waals surface area contributed by atoms with Crippen molar-refractivity contribution in [1.29, 1.82) is 0 Å². The number of benzene rings is 1. The smallest absolute Gasteiger partial charge is 0.339 e. The number of rotatable bonds is 7. The second kappa shape index (κ2) is 8.02. The summed E-state index contributed by atoms with van der Waals surface area (Å²) in [6, 6.07) is 5.83. The van der Waals surface area contributed by atoms with Crippen molar-refractivity contribution < 1.29 is 26.7 Å². The summed E-state index contributed by atoms with van der Waals surface area (Å²) < 4.78 is 56.8. The summed E-state index contributed by atoms with van der Waals surface area (Å²) in [5, 5.41) is 0. The Balaban J connectivity index is 2.12. The largest absolute Gasteiger partial charge is 0.460 e. The van der Waals surface area contributed by atoms with Gasteiger partial charge < -0.3 is 4.74 Å². The molecule has 0 aliphatic rings. The average molecular weight is 370 g/mol. The minimum absolute atomic E-state index is 0.0434. The molecule has 0 saturated carbocycles. The zero-order chi connectivity index (χ0) is 18.4. The van der Waals surface area contributed by atoms with Gasteiger partial charge in [-0.15, -0.1) is 0 Å². The molecule has 2 aromatic rings. The van der Waals surface area contributed by atoms with Crippen LogP contribution in [-0.4, -0.2) is 38.3 Å². The third-order valence-electron chi connectivity index (χ3n) is 3.32. The van der Waals surface area contributed by atoms with Crippen LogP contribution in [0, 0.1) is 11.6 Å². The van der Waals surface area contributed by atoms with Crippen LogP contribution in [0.3, 0.4) is 0 Å². The molecule has 0 unspecified atom stereocenters. The molecule has 0 atom stereocenters. The first-order valence-electron chi connectivity index (χ1n) is 7.37. The van der Waals surface area contributed by atoms with Gasteiger partial charge in [-0.2, -0.15) is 0 Å². The zero-order valence-corrected chi connectivity index (χ0v) is 14.2. The van der Waals surface area contributed by atoms with Crippen molar-refractivity contribution in [3.63, 3.8) is 0 Å². The number of halogens is 2. The lowest BCUT2D eigenvalue weighted by Crippen LogP contribution is -2.35. The van der Waals surface area contributed by atoms with E-state index in [2.05, 4.69) is 4.98 Å². The predicted octanol–water partition coefficient (Wildman–Crippen LogP) is 2.37. The van der Waals surface area contributed by atoms with Gasteiger partial charge in [0, 0.05) is 18.5 Å². The molecule has 6 nitrogen and oxygen atoms in total. The van der Waals surface area contributed by atoms with Crippen molar-refractivity contribution in [1.82, 2.24) is 4.98 Å². The lowest BCUT2D eigenvalue weighted by Gasteiger charge is -2.23. The van der Waals surface area contributed by atoms with Crippen LogP contribution >= 0.6 is 0 Å². The number of nitrogens with zero attached hydrogens (tertiary/aromatic N) is 2. The Kier molecular flexibility index (Phi) is 6.02. The van der Waals surface area contributed by atoms with Crippen molar-refractivity contribution in [2.75, 3.05) is 23.2 Å². The normalized spacial score (nSPS) is 11.2. The number of sulfonamides is 1. The topological polar surface area (TPSA) is 76.6 Å². The molecule has 0 aliphatic carbocycles.